The minimum Gasteiger partial charge on any atom is -0.291 e. The fourth-order valence-electron chi connectivity index (χ4n) is 2.36. The number of hydrogen-bond donors (Lipinski definition) is 0. The Labute approximate surface area is 115 Å². The summed E-state index contributed by atoms with van der Waals surface area (Å²) in [5, 5.41) is 0. The van der Waals surface area contributed by atoms with E-state index in [4.69, 9.17) is 22.3 Å². The molecule has 0 aromatic heterocycles. The van der Waals surface area contributed by atoms with Gasteiger partial charge in [-0.1, -0.05) is 49.7 Å². The van der Waals surface area contributed by atoms with Crippen LogP contribution in [-0.2, 0) is 6.42 Å². The third kappa shape index (κ3) is 1.81. The zero-order chi connectivity index (χ0) is 12.7. The first-order valence-electron chi connectivity index (χ1n) is 5.60. The number of Topliss-reactive ketones (excluding diaryl/α,β-unsaturated/α-hetero) is 1. The molecule has 1 aromatic carbocycles. The Morgan fingerprint density at radius 3 is 2.65 bits per heavy atom. The fourth-order valence-corrected chi connectivity index (χ4v) is 4.01. The summed E-state index contributed by atoms with van der Waals surface area (Å²) in [4.78, 5) is 12.5. The van der Waals surface area contributed by atoms with Crippen LogP contribution >= 0.6 is 33.3 Å². The molecule has 0 heterocycles. The highest BCUT2D eigenvalue weighted by Crippen LogP contribution is 2.56. The van der Waals surface area contributed by atoms with Gasteiger partial charge in [0.25, 0.3) is 0 Å². The minimum atomic E-state index is -1.06. The molecule has 1 nitrogen and oxygen atoms in total. The standard InChI is InChI=1S/C13H14Cl2OS/c1-3-12(2)8-9-6-4-5-7-10(9)11(16)13(12,14)17-15/h4-7H,3,8H2,1-2H3. The van der Waals surface area contributed by atoms with Crippen molar-refractivity contribution in [2.75, 3.05) is 0 Å². The highest BCUT2D eigenvalue weighted by Gasteiger charge is 2.55. The Morgan fingerprint density at radius 1 is 1.41 bits per heavy atom. The average Bonchev–Trinajstić information content (AvgIpc) is 2.36. The maximum Gasteiger partial charge on any atom is 0.195 e. The molecule has 0 bridgehead atoms. The van der Waals surface area contributed by atoms with Crippen LogP contribution in [0, 0.1) is 5.41 Å². The van der Waals surface area contributed by atoms with Gasteiger partial charge in [-0.25, -0.2) is 0 Å². The second kappa shape index (κ2) is 4.49. The summed E-state index contributed by atoms with van der Waals surface area (Å²) in [6, 6.07) is 7.65. The molecule has 2 unspecified atom stereocenters. The molecule has 2 atom stereocenters. The molecule has 17 heavy (non-hydrogen) atoms. The first-order valence-corrected chi connectivity index (χ1v) is 7.62. The van der Waals surface area contributed by atoms with Gasteiger partial charge in [-0.15, -0.1) is 0 Å². The Bertz CT molecular complexity index is 462. The molecule has 0 spiro atoms. The first kappa shape index (κ1) is 13.3. The predicted molar refractivity (Wildman–Crippen MR) is 74.9 cm³/mol. The second-order valence-corrected chi connectivity index (χ2v) is 6.77. The van der Waals surface area contributed by atoms with E-state index in [0.717, 1.165) is 29.4 Å². The molecule has 2 rings (SSSR count). The van der Waals surface area contributed by atoms with Crippen LogP contribution in [0.1, 0.15) is 36.2 Å². The number of benzene rings is 1. The quantitative estimate of drug-likeness (QED) is 0.736. The topological polar surface area (TPSA) is 17.1 Å². The monoisotopic (exact) mass is 288 g/mol. The molecule has 0 radical (unpaired) electrons. The zero-order valence-corrected chi connectivity index (χ0v) is 12.1. The van der Waals surface area contributed by atoms with Crippen LogP contribution in [0.3, 0.4) is 0 Å². The molecule has 0 saturated carbocycles. The number of carbonyl (C=O) groups is 1. The van der Waals surface area contributed by atoms with Crippen LogP contribution in [-0.4, -0.2) is 9.99 Å². The molecule has 1 aliphatic carbocycles. The molecular formula is C13H14Cl2OS. The van der Waals surface area contributed by atoms with Crippen LogP contribution in [0.15, 0.2) is 24.3 Å². The highest BCUT2D eigenvalue weighted by molar-refractivity contribution is 8.23. The molecular weight excluding hydrogens is 275 g/mol. The molecule has 0 saturated heterocycles. The summed E-state index contributed by atoms with van der Waals surface area (Å²) < 4.78 is -1.06. The summed E-state index contributed by atoms with van der Waals surface area (Å²) in [6.07, 6.45) is 1.60. The van der Waals surface area contributed by atoms with Crippen molar-refractivity contribution >= 4 is 39.0 Å². The normalized spacial score (nSPS) is 32.4. The van der Waals surface area contributed by atoms with E-state index in [1.165, 1.54) is 0 Å². The number of alkyl halides is 1. The highest BCUT2D eigenvalue weighted by atomic mass is 35.7. The van der Waals surface area contributed by atoms with Gasteiger partial charge in [-0.3, -0.25) is 4.79 Å². The van der Waals surface area contributed by atoms with Crippen molar-refractivity contribution in [3.8, 4) is 0 Å². The summed E-state index contributed by atoms with van der Waals surface area (Å²) in [6.45, 7) is 4.08. The summed E-state index contributed by atoms with van der Waals surface area (Å²) >= 11 is 6.53. The molecule has 1 aromatic rings. The number of carbonyl (C=O) groups excluding carboxylic acids is 1. The number of hydrogen-bond acceptors (Lipinski definition) is 2. The maximum atomic E-state index is 12.5. The Hall–Kier alpha value is -0.180. The third-order valence-corrected chi connectivity index (χ3v) is 6.48. The van der Waals surface area contributed by atoms with Crippen molar-refractivity contribution in [2.45, 2.75) is 30.9 Å². The molecule has 0 aliphatic heterocycles. The predicted octanol–water partition coefficient (Wildman–Crippen LogP) is 4.66. The zero-order valence-electron chi connectivity index (χ0n) is 9.80. The van der Waals surface area contributed by atoms with Gasteiger partial charge in [-0.05, 0) is 40.1 Å². The third-order valence-electron chi connectivity index (χ3n) is 3.80. The largest absolute Gasteiger partial charge is 0.291 e. The van der Waals surface area contributed by atoms with Gasteiger partial charge in [0.1, 0.15) is 0 Å². The number of halogens is 2. The van der Waals surface area contributed by atoms with Crippen molar-refractivity contribution in [1.29, 1.82) is 0 Å². The lowest BCUT2D eigenvalue weighted by Crippen LogP contribution is -2.49. The summed E-state index contributed by atoms with van der Waals surface area (Å²) in [5.41, 5.74) is 1.47. The van der Waals surface area contributed by atoms with Crippen LogP contribution in [0.2, 0.25) is 0 Å². The lowest BCUT2D eigenvalue weighted by molar-refractivity contribution is 0.0878. The van der Waals surface area contributed by atoms with Crippen LogP contribution in [0.4, 0.5) is 0 Å². The van der Waals surface area contributed by atoms with E-state index in [-0.39, 0.29) is 11.2 Å². The molecule has 4 heteroatoms. The molecule has 92 valence electrons. The first-order chi connectivity index (χ1) is 7.98. The van der Waals surface area contributed by atoms with E-state index in [1.54, 1.807) is 0 Å². The van der Waals surface area contributed by atoms with Gasteiger partial charge >= 0.3 is 0 Å². The SMILES string of the molecule is CCC1(C)Cc2ccccc2C(=O)C1(Cl)SCl. The van der Waals surface area contributed by atoms with E-state index in [2.05, 4.69) is 0 Å². The van der Waals surface area contributed by atoms with Crippen molar-refractivity contribution in [1.82, 2.24) is 0 Å². The van der Waals surface area contributed by atoms with Gasteiger partial charge in [0.2, 0.25) is 0 Å². The van der Waals surface area contributed by atoms with Gasteiger partial charge in [0.05, 0.1) is 0 Å². The van der Waals surface area contributed by atoms with Crippen LogP contribution in [0.25, 0.3) is 0 Å². The van der Waals surface area contributed by atoms with Crippen LogP contribution in [0.5, 0.6) is 0 Å². The molecule has 0 N–H and O–H groups in total. The fraction of sp³-hybridized carbons (Fsp3) is 0.462. The lowest BCUT2D eigenvalue weighted by atomic mass is 9.70. The van der Waals surface area contributed by atoms with E-state index >= 15 is 0 Å². The maximum absolute atomic E-state index is 12.5. The van der Waals surface area contributed by atoms with Crippen LogP contribution < -0.4 is 0 Å². The average molecular weight is 289 g/mol. The van der Waals surface area contributed by atoms with Crippen molar-refractivity contribution < 1.29 is 4.79 Å². The molecule has 0 fully saturated rings. The Kier molecular flexibility index (Phi) is 3.50. The van der Waals surface area contributed by atoms with Crippen molar-refractivity contribution in [3.05, 3.63) is 35.4 Å². The molecule has 0 amide bonds. The van der Waals surface area contributed by atoms with Gasteiger partial charge in [-0.2, -0.15) is 0 Å². The van der Waals surface area contributed by atoms with Gasteiger partial charge in [0.15, 0.2) is 9.99 Å². The second-order valence-electron chi connectivity index (χ2n) is 4.75. The smallest absolute Gasteiger partial charge is 0.195 e. The number of fused-ring (bicyclic) bond motifs is 1. The minimum absolute atomic E-state index is 0.0645. The van der Waals surface area contributed by atoms with Crippen molar-refractivity contribution in [3.63, 3.8) is 0 Å². The molecule has 1 aliphatic rings. The summed E-state index contributed by atoms with van der Waals surface area (Å²) in [7, 11) is 6.85. The van der Waals surface area contributed by atoms with E-state index in [9.17, 15) is 4.79 Å². The summed E-state index contributed by atoms with van der Waals surface area (Å²) in [5.74, 6) is -0.0645. The van der Waals surface area contributed by atoms with Gasteiger partial charge < -0.3 is 0 Å². The number of rotatable bonds is 2. The Balaban J connectivity index is 2.61. The van der Waals surface area contributed by atoms with Gasteiger partial charge in [0, 0.05) is 11.0 Å². The van der Waals surface area contributed by atoms with Crippen molar-refractivity contribution in [2.24, 2.45) is 5.41 Å². The van der Waals surface area contributed by atoms with E-state index in [1.807, 2.05) is 38.1 Å². The Morgan fingerprint density at radius 2 is 2.06 bits per heavy atom. The lowest BCUT2D eigenvalue weighted by Gasteiger charge is -2.44. The van der Waals surface area contributed by atoms with E-state index in [0.29, 0.717) is 5.56 Å². The van der Waals surface area contributed by atoms with E-state index < -0.39 is 4.21 Å². The number of ketones is 1.